The number of halogens is 1. The van der Waals surface area contributed by atoms with Crippen LogP contribution in [0.3, 0.4) is 0 Å². The number of hydrogen-bond acceptors (Lipinski definition) is 3. The van der Waals surface area contributed by atoms with Crippen molar-refractivity contribution < 1.29 is 4.39 Å². The third-order valence-electron chi connectivity index (χ3n) is 5.05. The first-order valence-electron chi connectivity index (χ1n) is 11.4. The minimum Gasteiger partial charge on any atom is -0.296 e. The van der Waals surface area contributed by atoms with Gasteiger partial charge in [-0.2, -0.15) is 5.10 Å². The van der Waals surface area contributed by atoms with Gasteiger partial charge in [-0.05, 0) is 39.8 Å². The largest absolute Gasteiger partial charge is 0.296 e. The van der Waals surface area contributed by atoms with Crippen molar-refractivity contribution >= 4 is 5.71 Å². The van der Waals surface area contributed by atoms with Crippen LogP contribution in [0.2, 0.25) is 0 Å². The number of aryl methyl sites for hydroxylation is 1. The number of hydrogen-bond donors (Lipinski definition) is 1. The molecule has 0 saturated carbocycles. The number of nitrogens with one attached hydrogen (secondary N) is 1. The number of benzene rings is 1. The van der Waals surface area contributed by atoms with Gasteiger partial charge in [0, 0.05) is 17.6 Å². The zero-order valence-corrected chi connectivity index (χ0v) is 21.1. The monoisotopic (exact) mass is 439 g/mol. The normalized spacial score (nSPS) is 18.0. The maximum atomic E-state index is 14.3. The Morgan fingerprint density at radius 2 is 1.91 bits per heavy atom. The molecule has 1 N–H and O–H groups in total. The molecule has 32 heavy (non-hydrogen) atoms. The van der Waals surface area contributed by atoms with E-state index in [2.05, 4.69) is 51.0 Å². The lowest BCUT2D eigenvalue weighted by Crippen LogP contribution is -2.50. The van der Waals surface area contributed by atoms with Crippen LogP contribution in [0.4, 0.5) is 4.39 Å². The molecule has 176 valence electrons. The van der Waals surface area contributed by atoms with E-state index in [0.29, 0.717) is 17.7 Å². The Balaban J connectivity index is 0.00000121. The Morgan fingerprint density at radius 3 is 2.34 bits per heavy atom. The smallest absolute Gasteiger partial charge is 0.128 e. The van der Waals surface area contributed by atoms with Gasteiger partial charge in [-0.25, -0.2) is 9.40 Å². The van der Waals surface area contributed by atoms with Gasteiger partial charge in [-0.1, -0.05) is 88.9 Å². The zero-order valence-electron chi connectivity index (χ0n) is 21.1. The number of hydrazone groups is 1. The number of unbranched alkanes of at least 4 members (excludes halogenated alkanes) is 1. The molecule has 0 aliphatic carbocycles. The molecule has 1 aromatic carbocycles. The van der Waals surface area contributed by atoms with Crippen LogP contribution in [0.15, 0.2) is 90.5 Å². The summed E-state index contributed by atoms with van der Waals surface area (Å²) in [6.07, 6.45) is 9.59. The Hall–Kier alpha value is -2.72. The summed E-state index contributed by atoms with van der Waals surface area (Å²) in [5, 5.41) is 9.85. The molecule has 0 bridgehead atoms. The van der Waals surface area contributed by atoms with Gasteiger partial charge in [0.05, 0.1) is 11.4 Å². The van der Waals surface area contributed by atoms with Crippen molar-refractivity contribution in [3.63, 3.8) is 0 Å². The Bertz CT molecular complexity index is 848. The molecule has 0 radical (unpaired) electrons. The van der Waals surface area contributed by atoms with Crippen LogP contribution in [-0.2, 0) is 0 Å². The van der Waals surface area contributed by atoms with Crippen molar-refractivity contribution in [1.29, 1.82) is 0 Å². The van der Waals surface area contributed by atoms with E-state index in [1.165, 1.54) is 12.5 Å². The van der Waals surface area contributed by atoms with Gasteiger partial charge in [-0.15, -0.1) is 6.58 Å². The summed E-state index contributed by atoms with van der Waals surface area (Å²) in [7, 11) is 1.87. The zero-order chi connectivity index (χ0) is 24.7. The molecule has 4 heteroatoms. The Labute approximate surface area is 195 Å². The lowest BCUT2D eigenvalue weighted by Gasteiger charge is -2.35. The van der Waals surface area contributed by atoms with Gasteiger partial charge in [0.1, 0.15) is 11.5 Å². The second kappa shape index (κ2) is 15.1. The Kier molecular flexibility index (Phi) is 13.9. The van der Waals surface area contributed by atoms with Crippen LogP contribution in [0.25, 0.3) is 0 Å². The highest BCUT2D eigenvalue weighted by atomic mass is 19.1. The van der Waals surface area contributed by atoms with Crippen molar-refractivity contribution in [2.75, 3.05) is 7.05 Å². The predicted molar refractivity (Wildman–Crippen MR) is 140 cm³/mol. The van der Waals surface area contributed by atoms with E-state index in [1.54, 1.807) is 24.1 Å². The summed E-state index contributed by atoms with van der Waals surface area (Å²) >= 11 is 0. The summed E-state index contributed by atoms with van der Waals surface area (Å²) < 4.78 is 14.3. The van der Waals surface area contributed by atoms with Crippen molar-refractivity contribution in [3.05, 3.63) is 96.5 Å². The van der Waals surface area contributed by atoms with Crippen LogP contribution >= 0.6 is 0 Å². The van der Waals surface area contributed by atoms with E-state index >= 15 is 0 Å². The van der Waals surface area contributed by atoms with Gasteiger partial charge in [0.25, 0.3) is 0 Å². The number of allylic oxidation sites excluding steroid dienone is 5. The van der Waals surface area contributed by atoms with Crippen molar-refractivity contribution in [2.24, 2.45) is 5.10 Å². The first kappa shape index (κ1) is 29.3. The summed E-state index contributed by atoms with van der Waals surface area (Å²) in [4.78, 5) is 0. The van der Waals surface area contributed by atoms with Crippen LogP contribution in [0.5, 0.6) is 0 Å². The van der Waals surface area contributed by atoms with Crippen LogP contribution < -0.4 is 5.32 Å². The maximum absolute atomic E-state index is 14.3. The molecule has 0 aromatic heterocycles. The summed E-state index contributed by atoms with van der Waals surface area (Å²) in [5.74, 6) is -0.345. The molecular weight excluding hydrogens is 397 g/mol. The van der Waals surface area contributed by atoms with E-state index in [4.69, 9.17) is 5.10 Å². The molecule has 0 spiro atoms. The fourth-order valence-electron chi connectivity index (χ4n) is 3.17. The van der Waals surface area contributed by atoms with Crippen LogP contribution in [0.1, 0.15) is 65.0 Å². The molecular formula is C28H42FN3. The van der Waals surface area contributed by atoms with Crippen LogP contribution in [-0.4, -0.2) is 23.4 Å². The summed E-state index contributed by atoms with van der Waals surface area (Å²) in [6, 6.07) is 8.13. The fourth-order valence-corrected chi connectivity index (χ4v) is 3.17. The molecule has 0 fully saturated rings. The molecule has 1 unspecified atom stereocenters. The van der Waals surface area contributed by atoms with Gasteiger partial charge in [0.15, 0.2) is 0 Å². The second-order valence-electron chi connectivity index (χ2n) is 7.35. The average Bonchev–Trinajstić information content (AvgIpc) is 3.17. The van der Waals surface area contributed by atoms with Gasteiger partial charge >= 0.3 is 0 Å². The van der Waals surface area contributed by atoms with Crippen molar-refractivity contribution in [2.45, 2.75) is 66.5 Å². The topological polar surface area (TPSA) is 27.6 Å². The quantitative estimate of drug-likeness (QED) is 0.330. The molecule has 1 atom stereocenters. The minimum atomic E-state index is -0.483. The van der Waals surface area contributed by atoms with Gasteiger partial charge in [0.2, 0.25) is 0 Å². The van der Waals surface area contributed by atoms with E-state index in [9.17, 15) is 4.39 Å². The second-order valence-corrected chi connectivity index (χ2v) is 7.35. The van der Waals surface area contributed by atoms with Crippen molar-refractivity contribution in [3.8, 4) is 0 Å². The fraction of sp³-hybridized carbons (Fsp3) is 0.393. The number of rotatable bonds is 8. The molecule has 0 saturated heterocycles. The molecule has 1 aliphatic heterocycles. The summed E-state index contributed by atoms with van der Waals surface area (Å²) in [6.45, 7) is 23.2. The highest BCUT2D eigenvalue weighted by molar-refractivity contribution is 6.03. The minimum absolute atomic E-state index is 0.345. The number of nitrogens with zero attached hydrogens (tertiary/aromatic N) is 2. The maximum Gasteiger partial charge on any atom is 0.128 e. The highest BCUT2D eigenvalue weighted by Crippen LogP contribution is 2.35. The molecule has 3 nitrogen and oxygen atoms in total. The lowest BCUT2D eigenvalue weighted by atomic mass is 9.97. The van der Waals surface area contributed by atoms with Crippen molar-refractivity contribution in [1.82, 2.24) is 10.3 Å². The first-order valence-corrected chi connectivity index (χ1v) is 11.4. The van der Waals surface area contributed by atoms with E-state index in [-0.39, 0.29) is 5.83 Å². The third-order valence-corrected chi connectivity index (χ3v) is 5.05. The third kappa shape index (κ3) is 7.76. The molecule has 2 rings (SSSR count). The van der Waals surface area contributed by atoms with Crippen LogP contribution in [0, 0.1) is 6.92 Å². The average molecular weight is 440 g/mol. The van der Waals surface area contributed by atoms with E-state index in [0.717, 1.165) is 23.3 Å². The summed E-state index contributed by atoms with van der Waals surface area (Å²) in [5.41, 5.74) is 3.61. The predicted octanol–water partition coefficient (Wildman–Crippen LogP) is 7.84. The van der Waals surface area contributed by atoms with Gasteiger partial charge < -0.3 is 0 Å². The molecule has 1 aromatic rings. The van der Waals surface area contributed by atoms with E-state index in [1.807, 2.05) is 46.0 Å². The highest BCUT2D eigenvalue weighted by Gasteiger charge is 2.40. The SMILES string of the molecule is C=C/C=C(C(=C)N1N=C(c2ccccc2C)CC1(C)NC)\C(F)=C/C.C=CCCC.CC. The lowest BCUT2D eigenvalue weighted by molar-refractivity contribution is 0.153. The first-order chi connectivity index (χ1) is 15.3. The molecule has 1 heterocycles. The molecule has 0 amide bonds. The molecule has 1 aliphatic rings. The van der Waals surface area contributed by atoms with Gasteiger partial charge in [-0.3, -0.25) is 5.32 Å². The van der Waals surface area contributed by atoms with E-state index < -0.39 is 5.66 Å². The Morgan fingerprint density at radius 1 is 1.28 bits per heavy atom. The standard InChI is InChI=1S/C21H26FN3.C5H10.C2H6/c1-7-11-18(19(22)8-2)16(4)25-21(5,23-6)14-20(24-25)17-13-10-9-12-15(17)3;1-3-5-4-2;1-2/h7-13,23H,1,4,14H2,2-3,5-6H3;3H,1,4-5H2,2H3;1-2H3/b18-11-,19-8+;;.